The van der Waals surface area contributed by atoms with Gasteiger partial charge in [0.05, 0.1) is 12.9 Å². The molecule has 0 bridgehead atoms. The fourth-order valence-electron chi connectivity index (χ4n) is 2.40. The number of nitrogens with zero attached hydrogens (tertiary/aromatic N) is 3. The van der Waals surface area contributed by atoms with Crippen LogP contribution in [-0.2, 0) is 14.3 Å². The number of amides is 2. The number of esters is 1. The Bertz CT molecular complexity index is 839. The Morgan fingerprint density at radius 1 is 1.38 bits per heavy atom. The Hall–Kier alpha value is -2.46. The monoisotopic (exact) mass is 392 g/mol. The number of aromatic nitrogens is 2. The summed E-state index contributed by atoms with van der Waals surface area (Å²) in [5.41, 5.74) is 1.15. The zero-order valence-electron chi connectivity index (χ0n) is 13.9. The van der Waals surface area contributed by atoms with Crippen molar-refractivity contribution in [3.8, 4) is 0 Å². The molecular weight excluding hydrogens is 376 g/mol. The quantitative estimate of drug-likeness (QED) is 0.457. The number of rotatable bonds is 6. The minimum absolute atomic E-state index is 0.0685. The van der Waals surface area contributed by atoms with Crippen molar-refractivity contribution < 1.29 is 19.1 Å². The van der Waals surface area contributed by atoms with E-state index in [-0.39, 0.29) is 23.5 Å². The number of hydrogen-bond acceptors (Lipinski definition) is 8. The summed E-state index contributed by atoms with van der Waals surface area (Å²) in [6.45, 7) is 0.668. The number of ether oxygens (including phenoxy) is 1. The molecule has 1 fully saturated rings. The highest BCUT2D eigenvalue weighted by atomic mass is 32.2. The highest BCUT2D eigenvalue weighted by molar-refractivity contribution is 8.01. The number of carbonyl (C=O) groups is 3. The molecule has 1 saturated heterocycles. The Morgan fingerprint density at radius 2 is 2.23 bits per heavy atom. The van der Waals surface area contributed by atoms with Crippen LogP contribution in [0.25, 0.3) is 0 Å². The molecule has 1 aromatic carbocycles. The SMILES string of the molecule is COC(=O)CSc1nnc(NC(=O)c2cccc(N3CCCC3=O)c2)s1. The second kappa shape index (κ2) is 8.28. The summed E-state index contributed by atoms with van der Waals surface area (Å²) in [4.78, 5) is 37.1. The van der Waals surface area contributed by atoms with Crippen molar-refractivity contribution in [2.75, 3.05) is 29.6 Å². The minimum Gasteiger partial charge on any atom is -0.468 e. The fraction of sp³-hybridized carbons (Fsp3) is 0.312. The summed E-state index contributed by atoms with van der Waals surface area (Å²) in [6, 6.07) is 6.92. The lowest BCUT2D eigenvalue weighted by molar-refractivity contribution is -0.137. The predicted molar refractivity (Wildman–Crippen MR) is 98.6 cm³/mol. The smallest absolute Gasteiger partial charge is 0.316 e. The zero-order valence-corrected chi connectivity index (χ0v) is 15.6. The van der Waals surface area contributed by atoms with Gasteiger partial charge >= 0.3 is 5.97 Å². The normalized spacial score (nSPS) is 13.7. The molecular formula is C16H16N4O4S2. The molecule has 3 rings (SSSR count). The lowest BCUT2D eigenvalue weighted by Gasteiger charge is -2.16. The summed E-state index contributed by atoms with van der Waals surface area (Å²) in [6.07, 6.45) is 1.36. The van der Waals surface area contributed by atoms with Gasteiger partial charge < -0.3 is 9.64 Å². The van der Waals surface area contributed by atoms with Crippen LogP contribution in [-0.4, -0.2) is 47.4 Å². The van der Waals surface area contributed by atoms with E-state index in [9.17, 15) is 14.4 Å². The summed E-state index contributed by atoms with van der Waals surface area (Å²) in [7, 11) is 1.32. The van der Waals surface area contributed by atoms with Crippen LogP contribution in [0.15, 0.2) is 28.6 Å². The van der Waals surface area contributed by atoms with Crippen LogP contribution >= 0.6 is 23.1 Å². The molecule has 1 aliphatic rings. The molecule has 26 heavy (non-hydrogen) atoms. The third-order valence-electron chi connectivity index (χ3n) is 3.66. The van der Waals surface area contributed by atoms with Crippen LogP contribution in [0.4, 0.5) is 10.8 Å². The first-order chi connectivity index (χ1) is 12.6. The lowest BCUT2D eigenvalue weighted by Crippen LogP contribution is -2.24. The predicted octanol–water partition coefficient (Wildman–Crippen LogP) is 2.18. The van der Waals surface area contributed by atoms with Crippen molar-refractivity contribution in [1.82, 2.24) is 10.2 Å². The van der Waals surface area contributed by atoms with Gasteiger partial charge in [0.15, 0.2) is 4.34 Å². The average molecular weight is 392 g/mol. The molecule has 0 atom stereocenters. The number of nitrogens with one attached hydrogen (secondary N) is 1. The summed E-state index contributed by atoms with van der Waals surface area (Å²) in [5.74, 6) is -0.493. The maximum Gasteiger partial charge on any atom is 0.316 e. The maximum absolute atomic E-state index is 12.4. The first-order valence-corrected chi connectivity index (χ1v) is 9.62. The fourth-order valence-corrected chi connectivity index (χ4v) is 3.98. The standard InChI is InChI=1S/C16H16N4O4S2/c1-24-13(22)9-25-16-19-18-15(26-16)17-14(23)10-4-2-5-11(8-10)20-7-3-6-12(20)21/h2,4-5,8H,3,6-7,9H2,1H3,(H,17,18,23). The molecule has 1 N–H and O–H groups in total. The number of benzene rings is 1. The molecule has 0 unspecified atom stereocenters. The van der Waals surface area contributed by atoms with Gasteiger partial charge in [-0.1, -0.05) is 29.2 Å². The second-order valence-corrected chi connectivity index (χ2v) is 7.59. The van der Waals surface area contributed by atoms with Crippen LogP contribution < -0.4 is 10.2 Å². The van der Waals surface area contributed by atoms with Crippen molar-refractivity contribution in [3.05, 3.63) is 29.8 Å². The Labute approximate surface area is 157 Å². The van der Waals surface area contributed by atoms with Crippen molar-refractivity contribution in [3.63, 3.8) is 0 Å². The highest BCUT2D eigenvalue weighted by Crippen LogP contribution is 2.26. The molecule has 0 spiro atoms. The Balaban J connectivity index is 1.64. The Kier molecular flexibility index (Phi) is 5.84. The molecule has 1 aromatic heterocycles. The molecule has 0 saturated carbocycles. The molecule has 2 aromatic rings. The largest absolute Gasteiger partial charge is 0.468 e. The molecule has 0 radical (unpaired) electrons. The Morgan fingerprint density at radius 3 is 2.96 bits per heavy atom. The van der Waals surface area contributed by atoms with E-state index in [1.807, 2.05) is 6.07 Å². The summed E-state index contributed by atoms with van der Waals surface area (Å²) >= 11 is 2.37. The zero-order chi connectivity index (χ0) is 18.5. The van der Waals surface area contributed by atoms with Crippen molar-refractivity contribution in [1.29, 1.82) is 0 Å². The third-order valence-corrected chi connectivity index (χ3v) is 5.61. The van der Waals surface area contributed by atoms with Crippen LogP contribution in [0.2, 0.25) is 0 Å². The van der Waals surface area contributed by atoms with E-state index in [1.165, 1.54) is 30.2 Å². The molecule has 10 heteroatoms. The topological polar surface area (TPSA) is 101 Å². The maximum atomic E-state index is 12.4. The second-order valence-electron chi connectivity index (χ2n) is 5.39. The number of thioether (sulfide) groups is 1. The van der Waals surface area contributed by atoms with Gasteiger partial charge in [-0.2, -0.15) is 0 Å². The molecule has 1 aliphatic heterocycles. The number of carbonyl (C=O) groups excluding carboxylic acids is 3. The van der Waals surface area contributed by atoms with Gasteiger partial charge in [0.2, 0.25) is 11.0 Å². The molecule has 136 valence electrons. The van der Waals surface area contributed by atoms with Crippen molar-refractivity contribution in [2.24, 2.45) is 0 Å². The van der Waals surface area contributed by atoms with E-state index in [1.54, 1.807) is 23.1 Å². The average Bonchev–Trinajstić information content (AvgIpc) is 3.28. The van der Waals surface area contributed by atoms with Gasteiger partial charge in [0.25, 0.3) is 5.91 Å². The summed E-state index contributed by atoms with van der Waals surface area (Å²) in [5, 5.41) is 10.8. The molecule has 0 aliphatic carbocycles. The van der Waals surface area contributed by atoms with Gasteiger partial charge in [-0.3, -0.25) is 19.7 Å². The van der Waals surface area contributed by atoms with E-state index in [0.29, 0.717) is 33.7 Å². The van der Waals surface area contributed by atoms with E-state index in [0.717, 1.165) is 6.42 Å². The van der Waals surface area contributed by atoms with E-state index < -0.39 is 0 Å². The lowest BCUT2D eigenvalue weighted by atomic mass is 10.2. The van der Waals surface area contributed by atoms with Crippen LogP contribution in [0.1, 0.15) is 23.2 Å². The van der Waals surface area contributed by atoms with Gasteiger partial charge in [-0.15, -0.1) is 10.2 Å². The van der Waals surface area contributed by atoms with Gasteiger partial charge in [0, 0.05) is 24.2 Å². The van der Waals surface area contributed by atoms with E-state index in [2.05, 4.69) is 20.3 Å². The number of hydrogen-bond donors (Lipinski definition) is 1. The molecule has 8 nitrogen and oxygen atoms in total. The van der Waals surface area contributed by atoms with Crippen molar-refractivity contribution >= 4 is 51.7 Å². The first-order valence-electron chi connectivity index (χ1n) is 7.81. The van der Waals surface area contributed by atoms with Gasteiger partial charge in [-0.25, -0.2) is 0 Å². The van der Waals surface area contributed by atoms with E-state index >= 15 is 0 Å². The van der Waals surface area contributed by atoms with Crippen LogP contribution in [0.5, 0.6) is 0 Å². The minimum atomic E-state index is -0.357. The first kappa shape index (κ1) is 18.3. The van der Waals surface area contributed by atoms with Gasteiger partial charge in [-0.05, 0) is 24.6 Å². The highest BCUT2D eigenvalue weighted by Gasteiger charge is 2.22. The number of anilines is 2. The summed E-state index contributed by atoms with van der Waals surface area (Å²) < 4.78 is 5.12. The number of methoxy groups -OCH3 is 1. The van der Waals surface area contributed by atoms with E-state index in [4.69, 9.17) is 0 Å². The molecule has 2 heterocycles. The van der Waals surface area contributed by atoms with Crippen LogP contribution in [0, 0.1) is 0 Å². The molecule has 2 amide bonds. The third kappa shape index (κ3) is 4.38. The van der Waals surface area contributed by atoms with Crippen molar-refractivity contribution in [2.45, 2.75) is 17.2 Å². The van der Waals surface area contributed by atoms with Gasteiger partial charge in [0.1, 0.15) is 0 Å². The van der Waals surface area contributed by atoms with Crippen LogP contribution in [0.3, 0.4) is 0 Å².